The summed E-state index contributed by atoms with van der Waals surface area (Å²) in [5, 5.41) is 2.40. The molecule has 3 heteroatoms. The van der Waals surface area contributed by atoms with Crippen molar-refractivity contribution in [1.29, 1.82) is 0 Å². The molecule has 0 aromatic heterocycles. The van der Waals surface area contributed by atoms with Crippen molar-refractivity contribution in [3.8, 4) is 0 Å². The van der Waals surface area contributed by atoms with Gasteiger partial charge in [-0.05, 0) is 11.6 Å². The number of rotatable bonds is 4. The zero-order chi connectivity index (χ0) is 11.1. The van der Waals surface area contributed by atoms with Crippen LogP contribution in [0.25, 0.3) is 6.08 Å². The topological polar surface area (TPSA) is 46.2 Å². The van der Waals surface area contributed by atoms with Crippen LogP contribution < -0.4 is 5.32 Å². The average Bonchev–Trinajstić information content (AvgIpc) is 2.27. The highest BCUT2D eigenvalue weighted by Crippen LogP contribution is 2.01. The molecule has 15 heavy (non-hydrogen) atoms. The second-order valence-corrected chi connectivity index (χ2v) is 3.06. The fourth-order valence-electron chi connectivity index (χ4n) is 1.06. The van der Waals surface area contributed by atoms with Gasteiger partial charge in [0.2, 0.25) is 5.91 Å². The van der Waals surface area contributed by atoms with Gasteiger partial charge in [-0.2, -0.15) is 0 Å². The Bertz CT molecular complexity index is 368. The van der Waals surface area contributed by atoms with E-state index in [1.54, 1.807) is 6.08 Å². The fourth-order valence-corrected chi connectivity index (χ4v) is 1.06. The zero-order valence-electron chi connectivity index (χ0n) is 8.57. The van der Waals surface area contributed by atoms with Gasteiger partial charge < -0.3 is 5.32 Å². The Labute approximate surface area is 88.8 Å². The minimum atomic E-state index is -0.266. The molecule has 1 amide bonds. The third kappa shape index (κ3) is 4.22. The average molecular weight is 203 g/mol. The Balaban J connectivity index is 2.52. The van der Waals surface area contributed by atoms with Crippen LogP contribution in [0.5, 0.6) is 0 Å². The zero-order valence-corrected chi connectivity index (χ0v) is 8.57. The van der Waals surface area contributed by atoms with Crippen molar-refractivity contribution < 1.29 is 9.59 Å². The molecule has 0 bridgehead atoms. The Morgan fingerprint density at radius 2 is 1.93 bits per heavy atom. The van der Waals surface area contributed by atoms with E-state index >= 15 is 0 Å². The van der Waals surface area contributed by atoms with E-state index in [1.165, 1.54) is 13.1 Å². The third-order valence-electron chi connectivity index (χ3n) is 1.87. The molecular weight excluding hydrogens is 190 g/mol. The number of allylic oxidation sites excluding steroid dienone is 1. The summed E-state index contributed by atoms with van der Waals surface area (Å²) in [6, 6.07) is 9.48. The van der Waals surface area contributed by atoms with Crippen molar-refractivity contribution in [3.05, 3.63) is 42.0 Å². The summed E-state index contributed by atoms with van der Waals surface area (Å²) >= 11 is 0. The molecular formula is C12H13NO2. The number of hydrogen-bond donors (Lipinski definition) is 1. The monoisotopic (exact) mass is 203 g/mol. The van der Waals surface area contributed by atoms with Crippen LogP contribution in [0.4, 0.5) is 0 Å². The molecule has 1 N–H and O–H groups in total. The lowest BCUT2D eigenvalue weighted by atomic mass is 10.2. The molecule has 0 atom stereocenters. The standard InChI is InChI=1S/C12H13NO2/c1-13-12(15)9-11(14)8-7-10-5-3-2-4-6-10/h2-8H,9H2,1H3,(H,13,15). The molecule has 0 aliphatic rings. The maximum atomic E-state index is 11.2. The first-order chi connectivity index (χ1) is 7.22. The quantitative estimate of drug-likeness (QED) is 0.594. The number of carbonyl (C=O) groups is 2. The lowest BCUT2D eigenvalue weighted by molar-refractivity contribution is -0.125. The third-order valence-corrected chi connectivity index (χ3v) is 1.87. The van der Waals surface area contributed by atoms with Crippen LogP contribution in [0.2, 0.25) is 0 Å². The van der Waals surface area contributed by atoms with Crippen molar-refractivity contribution in [2.75, 3.05) is 7.05 Å². The van der Waals surface area contributed by atoms with Crippen LogP contribution in [0.1, 0.15) is 12.0 Å². The molecule has 0 aliphatic carbocycles. The predicted molar refractivity (Wildman–Crippen MR) is 59.2 cm³/mol. The number of ketones is 1. The van der Waals surface area contributed by atoms with Gasteiger partial charge in [-0.15, -0.1) is 0 Å². The van der Waals surface area contributed by atoms with Crippen molar-refractivity contribution in [2.45, 2.75) is 6.42 Å². The molecule has 1 aromatic carbocycles. The van der Waals surface area contributed by atoms with Gasteiger partial charge in [0, 0.05) is 7.05 Å². The molecule has 3 nitrogen and oxygen atoms in total. The van der Waals surface area contributed by atoms with Crippen LogP contribution in [-0.4, -0.2) is 18.7 Å². The molecule has 0 spiro atoms. The largest absolute Gasteiger partial charge is 0.359 e. The van der Waals surface area contributed by atoms with Crippen LogP contribution in [0, 0.1) is 0 Å². The van der Waals surface area contributed by atoms with Gasteiger partial charge in [0.1, 0.15) is 0 Å². The first kappa shape index (κ1) is 11.2. The van der Waals surface area contributed by atoms with E-state index in [-0.39, 0.29) is 18.1 Å². The van der Waals surface area contributed by atoms with E-state index in [0.29, 0.717) is 0 Å². The molecule has 0 saturated heterocycles. The first-order valence-corrected chi connectivity index (χ1v) is 4.69. The molecule has 0 saturated carbocycles. The maximum Gasteiger partial charge on any atom is 0.227 e. The predicted octanol–water partition coefficient (Wildman–Crippen LogP) is 1.41. The second kappa shape index (κ2) is 5.75. The van der Waals surface area contributed by atoms with E-state index in [9.17, 15) is 9.59 Å². The number of nitrogens with one attached hydrogen (secondary N) is 1. The summed E-state index contributed by atoms with van der Waals surface area (Å²) < 4.78 is 0. The smallest absolute Gasteiger partial charge is 0.227 e. The summed E-state index contributed by atoms with van der Waals surface area (Å²) in [6.07, 6.45) is 3.02. The maximum absolute atomic E-state index is 11.2. The normalized spacial score (nSPS) is 10.2. The summed E-state index contributed by atoms with van der Waals surface area (Å²) in [6.45, 7) is 0. The van der Waals surface area contributed by atoms with Crippen molar-refractivity contribution in [3.63, 3.8) is 0 Å². The highest BCUT2D eigenvalue weighted by atomic mass is 16.2. The van der Waals surface area contributed by atoms with Gasteiger partial charge in [0.15, 0.2) is 5.78 Å². The molecule has 1 rings (SSSR count). The number of amides is 1. The van der Waals surface area contributed by atoms with Gasteiger partial charge in [0.25, 0.3) is 0 Å². The van der Waals surface area contributed by atoms with Crippen LogP contribution >= 0.6 is 0 Å². The Morgan fingerprint density at radius 3 is 2.53 bits per heavy atom. The molecule has 0 radical (unpaired) electrons. The van der Waals surface area contributed by atoms with Crippen molar-refractivity contribution in [1.82, 2.24) is 5.32 Å². The molecule has 0 fully saturated rings. The van der Waals surface area contributed by atoms with Gasteiger partial charge in [-0.3, -0.25) is 9.59 Å². The SMILES string of the molecule is CNC(=O)CC(=O)C=Cc1ccccc1. The number of hydrogen-bond acceptors (Lipinski definition) is 2. The first-order valence-electron chi connectivity index (χ1n) is 4.69. The fraction of sp³-hybridized carbons (Fsp3) is 0.167. The number of carbonyl (C=O) groups excluding carboxylic acids is 2. The van der Waals surface area contributed by atoms with Crippen molar-refractivity contribution in [2.24, 2.45) is 0 Å². The molecule has 1 aromatic rings. The lowest BCUT2D eigenvalue weighted by Crippen LogP contribution is -2.20. The Kier molecular flexibility index (Phi) is 4.29. The lowest BCUT2D eigenvalue weighted by Gasteiger charge is -1.94. The molecule has 0 heterocycles. The van der Waals surface area contributed by atoms with Gasteiger partial charge >= 0.3 is 0 Å². The minimum absolute atomic E-state index is 0.0974. The van der Waals surface area contributed by atoms with E-state index < -0.39 is 0 Å². The van der Waals surface area contributed by atoms with E-state index in [2.05, 4.69) is 5.32 Å². The molecule has 78 valence electrons. The van der Waals surface area contributed by atoms with Crippen molar-refractivity contribution >= 4 is 17.8 Å². The summed E-state index contributed by atoms with van der Waals surface area (Å²) in [7, 11) is 1.51. The highest BCUT2D eigenvalue weighted by molar-refractivity contribution is 6.05. The number of benzene rings is 1. The highest BCUT2D eigenvalue weighted by Gasteiger charge is 2.03. The Morgan fingerprint density at radius 1 is 1.27 bits per heavy atom. The summed E-state index contributed by atoms with van der Waals surface area (Å²) in [4.78, 5) is 22.1. The minimum Gasteiger partial charge on any atom is -0.359 e. The van der Waals surface area contributed by atoms with E-state index in [1.807, 2.05) is 30.3 Å². The van der Waals surface area contributed by atoms with E-state index in [4.69, 9.17) is 0 Å². The Hall–Kier alpha value is -1.90. The van der Waals surface area contributed by atoms with Crippen LogP contribution in [-0.2, 0) is 9.59 Å². The van der Waals surface area contributed by atoms with Crippen LogP contribution in [0.3, 0.4) is 0 Å². The summed E-state index contributed by atoms with van der Waals surface area (Å²) in [5.74, 6) is -0.462. The van der Waals surface area contributed by atoms with Crippen LogP contribution in [0.15, 0.2) is 36.4 Å². The van der Waals surface area contributed by atoms with Gasteiger partial charge in [0.05, 0.1) is 6.42 Å². The molecule has 0 unspecified atom stereocenters. The summed E-state index contributed by atoms with van der Waals surface area (Å²) in [5.41, 5.74) is 0.947. The van der Waals surface area contributed by atoms with E-state index in [0.717, 1.165) is 5.56 Å². The second-order valence-electron chi connectivity index (χ2n) is 3.06. The van der Waals surface area contributed by atoms with Gasteiger partial charge in [-0.25, -0.2) is 0 Å². The molecule has 0 aliphatic heterocycles. The van der Waals surface area contributed by atoms with Gasteiger partial charge in [-0.1, -0.05) is 36.4 Å².